The molecule has 1 amide bonds. The van der Waals surface area contributed by atoms with E-state index in [4.69, 9.17) is 58.0 Å². The molecule has 132 valence electrons. The maximum atomic E-state index is 11.9. The molecule has 10 heteroatoms. The van der Waals surface area contributed by atoms with Gasteiger partial charge in [-0.05, 0) is 17.7 Å². The Morgan fingerprint density at radius 3 is 2.08 bits per heavy atom. The molecule has 25 heavy (non-hydrogen) atoms. The number of amides is 1. The minimum atomic E-state index is -0.340. The van der Waals surface area contributed by atoms with E-state index in [0.717, 1.165) is 21.8 Å². The van der Waals surface area contributed by atoms with Crippen molar-refractivity contribution in [1.29, 1.82) is 0 Å². The van der Waals surface area contributed by atoms with Crippen LogP contribution in [0.25, 0.3) is 0 Å². The number of halogens is 6. The van der Waals surface area contributed by atoms with Crippen LogP contribution in [0.2, 0.25) is 25.1 Å². The van der Waals surface area contributed by atoms with Gasteiger partial charge in [0, 0.05) is 9.37 Å². The van der Waals surface area contributed by atoms with E-state index in [1.54, 1.807) is 0 Å². The zero-order valence-corrected chi connectivity index (χ0v) is 18.3. The Morgan fingerprint density at radius 1 is 1.00 bits per heavy atom. The summed E-state index contributed by atoms with van der Waals surface area (Å²) in [7, 11) is 0. The number of hydrogen-bond donors (Lipinski definition) is 1. The third-order valence-electron chi connectivity index (χ3n) is 2.79. The summed E-state index contributed by atoms with van der Waals surface area (Å²) in [5.41, 5.74) is 3.26. The van der Waals surface area contributed by atoms with Gasteiger partial charge in [-0.1, -0.05) is 86.1 Å². The summed E-state index contributed by atoms with van der Waals surface area (Å²) < 4.78 is 0.958. The van der Waals surface area contributed by atoms with Gasteiger partial charge >= 0.3 is 0 Å². The first-order valence-electron chi connectivity index (χ1n) is 6.53. The summed E-state index contributed by atoms with van der Waals surface area (Å²) >= 11 is 34.5. The molecule has 2 aromatic carbocycles. The molecule has 0 spiro atoms. The van der Waals surface area contributed by atoms with Gasteiger partial charge in [-0.3, -0.25) is 4.79 Å². The molecule has 2 aromatic rings. The number of nitrogens with zero attached hydrogens (tertiary/aromatic N) is 1. The van der Waals surface area contributed by atoms with E-state index in [1.807, 2.05) is 24.3 Å². The van der Waals surface area contributed by atoms with E-state index < -0.39 is 0 Å². The number of carbonyl (C=O) groups is 1. The minimum Gasteiger partial charge on any atom is -0.272 e. The molecule has 0 bridgehead atoms. The number of benzene rings is 2. The average molecular weight is 521 g/mol. The van der Waals surface area contributed by atoms with Crippen molar-refractivity contribution in [2.24, 2.45) is 5.10 Å². The van der Waals surface area contributed by atoms with Gasteiger partial charge in [0.25, 0.3) is 0 Å². The molecule has 0 saturated heterocycles. The maximum absolute atomic E-state index is 11.9. The molecular weight excluding hydrogens is 513 g/mol. The molecule has 0 unspecified atom stereocenters. The van der Waals surface area contributed by atoms with Crippen molar-refractivity contribution in [2.45, 2.75) is 4.90 Å². The van der Waals surface area contributed by atoms with Crippen LogP contribution in [0.15, 0.2) is 38.7 Å². The van der Waals surface area contributed by atoms with Crippen LogP contribution in [0.4, 0.5) is 0 Å². The third-order valence-corrected chi connectivity index (χ3v) is 6.92. The van der Waals surface area contributed by atoms with Crippen molar-refractivity contribution in [2.75, 3.05) is 5.75 Å². The Balaban J connectivity index is 1.97. The first-order chi connectivity index (χ1) is 11.8. The van der Waals surface area contributed by atoms with Gasteiger partial charge in [0.1, 0.15) is 0 Å². The number of nitrogens with one attached hydrogen (secondary N) is 1. The van der Waals surface area contributed by atoms with E-state index in [9.17, 15) is 4.79 Å². The van der Waals surface area contributed by atoms with E-state index in [1.165, 1.54) is 6.21 Å². The fourth-order valence-electron chi connectivity index (χ4n) is 1.61. The highest BCUT2D eigenvalue weighted by Gasteiger charge is 2.20. The molecular formula is C15H8BrCl5N2OS. The van der Waals surface area contributed by atoms with Crippen molar-refractivity contribution in [3.8, 4) is 0 Å². The van der Waals surface area contributed by atoms with Crippen molar-refractivity contribution in [3.05, 3.63) is 59.4 Å². The molecule has 2 rings (SSSR count). The topological polar surface area (TPSA) is 41.5 Å². The summed E-state index contributed by atoms with van der Waals surface area (Å²) in [5.74, 6) is -0.321. The number of carbonyl (C=O) groups excluding carboxylic acids is 1. The summed E-state index contributed by atoms with van der Waals surface area (Å²) in [5, 5.41) is 4.44. The van der Waals surface area contributed by atoms with Crippen LogP contribution in [-0.4, -0.2) is 17.9 Å². The summed E-state index contributed by atoms with van der Waals surface area (Å²) in [4.78, 5) is 12.3. The van der Waals surface area contributed by atoms with Gasteiger partial charge in [-0.15, -0.1) is 11.8 Å². The van der Waals surface area contributed by atoms with Gasteiger partial charge in [-0.25, -0.2) is 5.43 Å². The normalized spacial score (nSPS) is 11.1. The second kappa shape index (κ2) is 9.70. The summed E-state index contributed by atoms with van der Waals surface area (Å²) in [6, 6.07) is 7.45. The molecule has 0 heterocycles. The molecule has 0 aromatic heterocycles. The van der Waals surface area contributed by atoms with E-state index >= 15 is 0 Å². The predicted molar refractivity (Wildman–Crippen MR) is 112 cm³/mol. The maximum Gasteiger partial charge on any atom is 0.250 e. The van der Waals surface area contributed by atoms with Crippen LogP contribution >= 0.6 is 85.7 Å². The van der Waals surface area contributed by atoms with Crippen LogP contribution in [0.1, 0.15) is 5.56 Å². The van der Waals surface area contributed by atoms with Gasteiger partial charge in [-0.2, -0.15) is 5.10 Å². The zero-order valence-electron chi connectivity index (χ0n) is 12.1. The van der Waals surface area contributed by atoms with Crippen molar-refractivity contribution >= 4 is 97.8 Å². The standard InChI is InChI=1S/C15H8BrCl5N2OS/c16-8-3-1-7(2-4-8)5-22-23-9(24)6-25-15-13(20)11(18)10(17)12(19)14(15)21/h1-5H,6H2,(H,23,24). The smallest absolute Gasteiger partial charge is 0.250 e. The second-order valence-electron chi connectivity index (χ2n) is 4.53. The van der Waals surface area contributed by atoms with E-state index in [-0.39, 0.29) is 36.8 Å². The Kier molecular flexibility index (Phi) is 8.21. The number of hydrogen-bond acceptors (Lipinski definition) is 3. The summed E-state index contributed by atoms with van der Waals surface area (Å²) in [6.45, 7) is 0. The lowest BCUT2D eigenvalue weighted by atomic mass is 10.2. The number of hydrazone groups is 1. The van der Waals surface area contributed by atoms with Gasteiger partial charge in [0.05, 0.1) is 37.1 Å². The third kappa shape index (κ3) is 5.67. The molecule has 0 aliphatic rings. The Bertz CT molecular complexity index is 801. The molecule has 3 nitrogen and oxygen atoms in total. The molecule has 0 atom stereocenters. The first-order valence-corrected chi connectivity index (χ1v) is 10.2. The molecule has 0 aliphatic heterocycles. The fourth-order valence-corrected chi connectivity index (χ4v) is 4.25. The van der Waals surface area contributed by atoms with Crippen molar-refractivity contribution in [3.63, 3.8) is 0 Å². The van der Waals surface area contributed by atoms with Gasteiger partial charge < -0.3 is 0 Å². The largest absolute Gasteiger partial charge is 0.272 e. The number of rotatable bonds is 5. The number of thioether (sulfide) groups is 1. The predicted octanol–water partition coefficient (Wildman–Crippen LogP) is 6.96. The molecule has 0 radical (unpaired) electrons. The molecule has 0 aliphatic carbocycles. The quantitative estimate of drug-likeness (QED) is 0.152. The lowest BCUT2D eigenvalue weighted by molar-refractivity contribution is -0.118. The van der Waals surface area contributed by atoms with Crippen molar-refractivity contribution < 1.29 is 4.79 Å². The summed E-state index contributed by atoms with van der Waals surface area (Å²) in [6.07, 6.45) is 1.53. The molecule has 0 fully saturated rings. The Labute approximate surface area is 182 Å². The van der Waals surface area contributed by atoms with E-state index in [0.29, 0.717) is 4.90 Å². The average Bonchev–Trinajstić information content (AvgIpc) is 2.60. The van der Waals surface area contributed by atoms with Gasteiger partial charge in [0.15, 0.2) is 0 Å². The zero-order chi connectivity index (χ0) is 18.6. The Hall–Kier alpha value is -0.140. The van der Waals surface area contributed by atoms with Crippen LogP contribution in [0.3, 0.4) is 0 Å². The molecule has 0 saturated carbocycles. The molecule has 1 N–H and O–H groups in total. The highest BCUT2D eigenvalue weighted by Crippen LogP contribution is 2.47. The van der Waals surface area contributed by atoms with E-state index in [2.05, 4.69) is 26.5 Å². The highest BCUT2D eigenvalue weighted by atomic mass is 79.9. The van der Waals surface area contributed by atoms with Gasteiger partial charge in [0.2, 0.25) is 5.91 Å². The van der Waals surface area contributed by atoms with Crippen LogP contribution in [-0.2, 0) is 4.79 Å². The monoisotopic (exact) mass is 518 g/mol. The fraction of sp³-hybridized carbons (Fsp3) is 0.0667. The first kappa shape index (κ1) is 21.2. The van der Waals surface area contributed by atoms with Crippen molar-refractivity contribution in [1.82, 2.24) is 5.43 Å². The lowest BCUT2D eigenvalue weighted by Gasteiger charge is -2.11. The van der Waals surface area contributed by atoms with Crippen LogP contribution in [0.5, 0.6) is 0 Å². The van der Waals surface area contributed by atoms with Crippen LogP contribution < -0.4 is 5.43 Å². The minimum absolute atomic E-state index is 0.0193. The van der Waals surface area contributed by atoms with Crippen LogP contribution in [0, 0.1) is 0 Å². The Morgan fingerprint density at radius 2 is 1.52 bits per heavy atom. The second-order valence-corrected chi connectivity index (χ2v) is 8.32. The lowest BCUT2D eigenvalue weighted by Crippen LogP contribution is -2.19. The highest BCUT2D eigenvalue weighted by molar-refractivity contribution is 9.10. The SMILES string of the molecule is O=C(CSc1c(Cl)c(Cl)c(Cl)c(Cl)c1Cl)NN=Cc1ccc(Br)cc1.